The summed E-state index contributed by atoms with van der Waals surface area (Å²) in [7, 11) is 4.09. The first kappa shape index (κ1) is 16.4. The number of carbonyl (C=O) groups excluding carboxylic acids is 1. The summed E-state index contributed by atoms with van der Waals surface area (Å²) in [5.74, 6) is 0.533. The average molecular weight is 279 g/mol. The van der Waals surface area contributed by atoms with Crippen LogP contribution in [0.25, 0.3) is 0 Å². The second kappa shape index (κ2) is 8.47. The molecule has 1 atom stereocenters. The molecule has 0 fully saturated rings. The van der Waals surface area contributed by atoms with Crippen LogP contribution in [-0.4, -0.2) is 54.0 Å². The summed E-state index contributed by atoms with van der Waals surface area (Å²) in [4.78, 5) is 22.2. The molecule has 112 valence electrons. The smallest absolute Gasteiger partial charge is 0.270 e. The third-order valence-electron chi connectivity index (χ3n) is 2.98. The molecule has 1 rings (SSSR count). The lowest BCUT2D eigenvalue weighted by molar-refractivity contribution is 0.0934. The summed E-state index contributed by atoms with van der Waals surface area (Å²) in [6.45, 7) is 5.84. The number of amides is 1. The van der Waals surface area contributed by atoms with Gasteiger partial charge in [-0.05, 0) is 40.4 Å². The Morgan fingerprint density at radius 3 is 2.80 bits per heavy atom. The van der Waals surface area contributed by atoms with Gasteiger partial charge in [0.05, 0.1) is 0 Å². The van der Waals surface area contributed by atoms with Crippen molar-refractivity contribution in [3.05, 3.63) is 18.1 Å². The first-order chi connectivity index (χ1) is 9.52. The first-order valence-corrected chi connectivity index (χ1v) is 7.04. The van der Waals surface area contributed by atoms with Gasteiger partial charge in [-0.3, -0.25) is 4.79 Å². The molecule has 0 spiro atoms. The van der Waals surface area contributed by atoms with E-state index < -0.39 is 0 Å². The lowest BCUT2D eigenvalue weighted by Gasteiger charge is -2.12. The number of anilines is 1. The SMILES string of the molecule is CCC(C)NC(=O)c1cc(NCCCN(C)C)ncn1. The van der Waals surface area contributed by atoms with Gasteiger partial charge in [0, 0.05) is 18.7 Å². The van der Waals surface area contributed by atoms with Crippen LogP contribution >= 0.6 is 0 Å². The monoisotopic (exact) mass is 279 g/mol. The highest BCUT2D eigenvalue weighted by atomic mass is 16.1. The lowest BCUT2D eigenvalue weighted by Crippen LogP contribution is -2.32. The van der Waals surface area contributed by atoms with Gasteiger partial charge in [0.25, 0.3) is 5.91 Å². The molecule has 6 heteroatoms. The van der Waals surface area contributed by atoms with Gasteiger partial charge in [-0.15, -0.1) is 0 Å². The fourth-order valence-electron chi connectivity index (χ4n) is 1.59. The fourth-order valence-corrected chi connectivity index (χ4v) is 1.59. The minimum atomic E-state index is -0.155. The molecule has 0 aromatic carbocycles. The van der Waals surface area contributed by atoms with Crippen molar-refractivity contribution >= 4 is 11.7 Å². The Morgan fingerprint density at radius 2 is 2.15 bits per heavy atom. The molecule has 1 heterocycles. The second-order valence-corrected chi connectivity index (χ2v) is 5.15. The molecule has 0 radical (unpaired) electrons. The summed E-state index contributed by atoms with van der Waals surface area (Å²) in [6, 6.07) is 1.84. The minimum Gasteiger partial charge on any atom is -0.370 e. The fraction of sp³-hybridized carbons (Fsp3) is 0.643. The molecule has 6 nitrogen and oxygen atoms in total. The van der Waals surface area contributed by atoms with E-state index in [-0.39, 0.29) is 11.9 Å². The Hall–Kier alpha value is -1.69. The van der Waals surface area contributed by atoms with Gasteiger partial charge in [-0.1, -0.05) is 6.92 Å². The maximum Gasteiger partial charge on any atom is 0.270 e. The molecule has 0 aliphatic heterocycles. The Labute approximate surface area is 121 Å². The molecule has 0 saturated heterocycles. The van der Waals surface area contributed by atoms with Crippen LogP contribution in [0.15, 0.2) is 12.4 Å². The lowest BCUT2D eigenvalue weighted by atomic mass is 10.2. The predicted octanol–water partition coefficient (Wildman–Crippen LogP) is 1.37. The van der Waals surface area contributed by atoms with Gasteiger partial charge in [0.2, 0.25) is 0 Å². The van der Waals surface area contributed by atoms with Gasteiger partial charge in [0.1, 0.15) is 17.8 Å². The summed E-state index contributed by atoms with van der Waals surface area (Å²) in [5.41, 5.74) is 0.399. The van der Waals surface area contributed by atoms with Crippen LogP contribution in [0.5, 0.6) is 0 Å². The summed E-state index contributed by atoms with van der Waals surface area (Å²) in [6.07, 6.45) is 3.33. The van der Waals surface area contributed by atoms with Crippen LogP contribution in [0.1, 0.15) is 37.2 Å². The zero-order chi connectivity index (χ0) is 15.0. The number of hydrogen-bond donors (Lipinski definition) is 2. The number of carbonyl (C=O) groups is 1. The van der Waals surface area contributed by atoms with E-state index in [9.17, 15) is 4.79 Å². The first-order valence-electron chi connectivity index (χ1n) is 7.04. The number of hydrogen-bond acceptors (Lipinski definition) is 5. The third-order valence-corrected chi connectivity index (χ3v) is 2.98. The molecule has 1 aromatic rings. The van der Waals surface area contributed by atoms with E-state index in [2.05, 4.69) is 25.5 Å². The maximum atomic E-state index is 11.9. The van der Waals surface area contributed by atoms with Crippen LogP contribution in [0.2, 0.25) is 0 Å². The van der Waals surface area contributed by atoms with E-state index in [1.807, 2.05) is 27.9 Å². The van der Waals surface area contributed by atoms with E-state index in [4.69, 9.17) is 0 Å². The number of nitrogens with one attached hydrogen (secondary N) is 2. The summed E-state index contributed by atoms with van der Waals surface area (Å²) < 4.78 is 0. The van der Waals surface area contributed by atoms with Crippen molar-refractivity contribution in [3.63, 3.8) is 0 Å². The van der Waals surface area contributed by atoms with E-state index in [1.165, 1.54) is 6.33 Å². The molecule has 1 aromatic heterocycles. The van der Waals surface area contributed by atoms with E-state index in [1.54, 1.807) is 6.07 Å². The van der Waals surface area contributed by atoms with Crippen LogP contribution in [0.4, 0.5) is 5.82 Å². The standard InChI is InChI=1S/C14H25N5O/c1-5-11(2)18-14(20)12-9-13(17-10-16-12)15-7-6-8-19(3)4/h9-11H,5-8H2,1-4H3,(H,18,20)(H,15,16,17). The Kier molecular flexibility index (Phi) is 6.93. The van der Waals surface area contributed by atoms with Crippen molar-refractivity contribution in [2.45, 2.75) is 32.7 Å². The third kappa shape index (κ3) is 5.97. The number of aromatic nitrogens is 2. The zero-order valence-corrected chi connectivity index (χ0v) is 12.8. The quantitative estimate of drug-likeness (QED) is 0.703. The van der Waals surface area contributed by atoms with Gasteiger partial charge in [0.15, 0.2) is 0 Å². The predicted molar refractivity (Wildman–Crippen MR) is 80.9 cm³/mol. The molecule has 2 N–H and O–H groups in total. The number of rotatable bonds is 8. The van der Waals surface area contributed by atoms with Crippen LogP contribution in [-0.2, 0) is 0 Å². The Morgan fingerprint density at radius 1 is 1.40 bits per heavy atom. The van der Waals surface area contributed by atoms with Crippen molar-refractivity contribution < 1.29 is 4.79 Å². The molecule has 0 aliphatic rings. The highest BCUT2D eigenvalue weighted by Gasteiger charge is 2.10. The average Bonchev–Trinajstić information content (AvgIpc) is 2.43. The van der Waals surface area contributed by atoms with Crippen LogP contribution < -0.4 is 10.6 Å². The van der Waals surface area contributed by atoms with Gasteiger partial charge >= 0.3 is 0 Å². The molecule has 1 amide bonds. The van der Waals surface area contributed by atoms with Gasteiger partial charge in [-0.25, -0.2) is 9.97 Å². The molecule has 1 unspecified atom stereocenters. The van der Waals surface area contributed by atoms with Crippen molar-refractivity contribution in [1.29, 1.82) is 0 Å². The molecule has 0 bridgehead atoms. The van der Waals surface area contributed by atoms with E-state index >= 15 is 0 Å². The largest absolute Gasteiger partial charge is 0.370 e. The van der Waals surface area contributed by atoms with E-state index in [0.29, 0.717) is 11.5 Å². The van der Waals surface area contributed by atoms with Crippen molar-refractivity contribution in [2.75, 3.05) is 32.5 Å². The van der Waals surface area contributed by atoms with Gasteiger partial charge < -0.3 is 15.5 Å². The normalized spacial score (nSPS) is 12.2. The van der Waals surface area contributed by atoms with Gasteiger partial charge in [-0.2, -0.15) is 0 Å². The van der Waals surface area contributed by atoms with E-state index in [0.717, 1.165) is 25.9 Å². The zero-order valence-electron chi connectivity index (χ0n) is 12.8. The molecular weight excluding hydrogens is 254 g/mol. The topological polar surface area (TPSA) is 70.2 Å². The van der Waals surface area contributed by atoms with Crippen LogP contribution in [0.3, 0.4) is 0 Å². The molecule has 0 saturated carbocycles. The minimum absolute atomic E-state index is 0.147. The second-order valence-electron chi connectivity index (χ2n) is 5.15. The van der Waals surface area contributed by atoms with Crippen LogP contribution in [0, 0.1) is 0 Å². The van der Waals surface area contributed by atoms with Crippen molar-refractivity contribution in [1.82, 2.24) is 20.2 Å². The Balaban J connectivity index is 2.50. The molecule has 0 aliphatic carbocycles. The summed E-state index contributed by atoms with van der Waals surface area (Å²) >= 11 is 0. The van der Waals surface area contributed by atoms with Crippen molar-refractivity contribution in [2.24, 2.45) is 0 Å². The Bertz CT molecular complexity index is 422. The highest BCUT2D eigenvalue weighted by Crippen LogP contribution is 2.04. The molecule has 20 heavy (non-hydrogen) atoms. The molecular formula is C14H25N5O. The highest BCUT2D eigenvalue weighted by molar-refractivity contribution is 5.92. The number of nitrogens with zero attached hydrogens (tertiary/aromatic N) is 3. The maximum absolute atomic E-state index is 11.9. The van der Waals surface area contributed by atoms with Crippen molar-refractivity contribution in [3.8, 4) is 0 Å². The summed E-state index contributed by atoms with van der Waals surface area (Å²) in [5, 5.41) is 6.10.